The van der Waals surface area contributed by atoms with Crippen molar-refractivity contribution < 1.29 is 19.5 Å². The van der Waals surface area contributed by atoms with Crippen LogP contribution in [0.4, 0.5) is 4.79 Å². The van der Waals surface area contributed by atoms with Gasteiger partial charge >= 0.3 is 12.0 Å². The lowest BCUT2D eigenvalue weighted by atomic mass is 10.1. The zero-order chi connectivity index (χ0) is 12.8. The van der Waals surface area contributed by atoms with Gasteiger partial charge in [-0.15, -0.1) is 0 Å². The van der Waals surface area contributed by atoms with Crippen molar-refractivity contribution in [3.8, 4) is 0 Å². The summed E-state index contributed by atoms with van der Waals surface area (Å²) >= 11 is 0. The number of rotatable bonds is 4. The van der Waals surface area contributed by atoms with Crippen LogP contribution in [0.1, 0.15) is 39.0 Å². The molecule has 0 aromatic rings. The van der Waals surface area contributed by atoms with Crippen LogP contribution < -0.4 is 10.6 Å². The molecule has 6 heteroatoms. The molecule has 0 aromatic heterocycles. The minimum atomic E-state index is -1.05. The van der Waals surface area contributed by atoms with E-state index in [0.717, 1.165) is 19.3 Å². The third-order valence-corrected chi connectivity index (χ3v) is 3.00. The van der Waals surface area contributed by atoms with Crippen LogP contribution in [-0.2, 0) is 9.59 Å². The first kappa shape index (κ1) is 13.5. The first-order valence-corrected chi connectivity index (χ1v) is 5.81. The number of hydrogen-bond acceptors (Lipinski definition) is 3. The van der Waals surface area contributed by atoms with Crippen LogP contribution in [0, 0.1) is 5.92 Å². The summed E-state index contributed by atoms with van der Waals surface area (Å²) in [6.45, 7) is 2.06. The molecule has 96 valence electrons. The lowest BCUT2D eigenvalue weighted by Gasteiger charge is -2.17. The summed E-state index contributed by atoms with van der Waals surface area (Å²) in [6, 6.07) is -0.415. The SMILES string of the molecule is CC1CCCC1NC(=O)NC(=O)CCC(=O)O. The van der Waals surface area contributed by atoms with Gasteiger partial charge in [0.25, 0.3) is 0 Å². The zero-order valence-electron chi connectivity index (χ0n) is 9.86. The molecule has 2 atom stereocenters. The van der Waals surface area contributed by atoms with E-state index in [2.05, 4.69) is 17.6 Å². The Labute approximate surface area is 99.8 Å². The van der Waals surface area contributed by atoms with E-state index >= 15 is 0 Å². The summed E-state index contributed by atoms with van der Waals surface area (Å²) in [6.07, 6.45) is 2.65. The van der Waals surface area contributed by atoms with E-state index in [1.54, 1.807) is 0 Å². The Morgan fingerprint density at radius 1 is 1.24 bits per heavy atom. The highest BCUT2D eigenvalue weighted by Gasteiger charge is 2.25. The Morgan fingerprint density at radius 3 is 2.47 bits per heavy atom. The van der Waals surface area contributed by atoms with Crippen LogP contribution in [0.15, 0.2) is 0 Å². The van der Waals surface area contributed by atoms with Crippen LogP contribution in [0.25, 0.3) is 0 Å². The largest absolute Gasteiger partial charge is 0.481 e. The maximum atomic E-state index is 11.4. The fourth-order valence-electron chi connectivity index (χ4n) is 1.97. The van der Waals surface area contributed by atoms with Gasteiger partial charge in [0.05, 0.1) is 6.42 Å². The molecule has 0 bridgehead atoms. The number of urea groups is 1. The number of carboxylic acid groups (broad SMARTS) is 1. The topological polar surface area (TPSA) is 95.5 Å². The highest BCUT2D eigenvalue weighted by Crippen LogP contribution is 2.24. The van der Waals surface area contributed by atoms with Crippen molar-refractivity contribution in [3.63, 3.8) is 0 Å². The lowest BCUT2D eigenvalue weighted by molar-refractivity contribution is -0.138. The molecule has 1 saturated carbocycles. The predicted octanol–water partition coefficient (Wildman–Crippen LogP) is 0.866. The molecule has 0 aliphatic heterocycles. The summed E-state index contributed by atoms with van der Waals surface area (Å²) in [4.78, 5) is 32.8. The maximum absolute atomic E-state index is 11.4. The molecule has 1 aliphatic rings. The smallest absolute Gasteiger partial charge is 0.321 e. The van der Waals surface area contributed by atoms with Crippen molar-refractivity contribution in [1.82, 2.24) is 10.6 Å². The minimum Gasteiger partial charge on any atom is -0.481 e. The molecular weight excluding hydrogens is 224 g/mol. The number of carboxylic acids is 1. The summed E-state index contributed by atoms with van der Waals surface area (Å²) in [5, 5.41) is 13.2. The standard InChI is InChI=1S/C11H18N2O4/c1-7-3-2-4-8(7)12-11(17)13-9(14)5-6-10(15)16/h7-8H,2-6H2,1H3,(H,15,16)(H2,12,13,14,17). The number of aliphatic carboxylic acids is 1. The van der Waals surface area contributed by atoms with Gasteiger partial charge in [-0.2, -0.15) is 0 Å². The first-order valence-electron chi connectivity index (χ1n) is 5.81. The monoisotopic (exact) mass is 242 g/mol. The molecule has 1 aliphatic carbocycles. The molecular formula is C11H18N2O4. The predicted molar refractivity (Wildman–Crippen MR) is 60.3 cm³/mol. The van der Waals surface area contributed by atoms with Gasteiger partial charge in [-0.3, -0.25) is 14.9 Å². The molecule has 0 aromatic carbocycles. The third kappa shape index (κ3) is 4.84. The molecule has 2 unspecified atom stereocenters. The molecule has 1 rings (SSSR count). The highest BCUT2D eigenvalue weighted by atomic mass is 16.4. The van der Waals surface area contributed by atoms with Crippen molar-refractivity contribution in [1.29, 1.82) is 0 Å². The van der Waals surface area contributed by atoms with E-state index < -0.39 is 17.9 Å². The Kier molecular flexibility index (Phi) is 4.93. The normalized spacial score (nSPS) is 23.1. The Morgan fingerprint density at radius 2 is 1.94 bits per heavy atom. The number of nitrogens with one attached hydrogen (secondary N) is 2. The molecule has 3 N–H and O–H groups in total. The van der Waals surface area contributed by atoms with Crippen LogP contribution in [-0.4, -0.2) is 29.1 Å². The van der Waals surface area contributed by atoms with Crippen LogP contribution in [0.2, 0.25) is 0 Å². The summed E-state index contributed by atoms with van der Waals surface area (Å²) in [5.74, 6) is -1.18. The Hall–Kier alpha value is -1.59. The number of carbonyl (C=O) groups is 3. The highest BCUT2D eigenvalue weighted by molar-refractivity contribution is 5.95. The van der Waals surface area contributed by atoms with Gasteiger partial charge < -0.3 is 10.4 Å². The van der Waals surface area contributed by atoms with Crippen molar-refractivity contribution in [3.05, 3.63) is 0 Å². The van der Waals surface area contributed by atoms with Gasteiger partial charge in [0.1, 0.15) is 0 Å². The van der Waals surface area contributed by atoms with Crippen LogP contribution >= 0.6 is 0 Å². The van der Waals surface area contributed by atoms with E-state index in [1.807, 2.05) is 0 Å². The number of amides is 3. The molecule has 0 spiro atoms. The van der Waals surface area contributed by atoms with Gasteiger partial charge in [0, 0.05) is 12.5 Å². The first-order chi connectivity index (χ1) is 7.99. The zero-order valence-corrected chi connectivity index (χ0v) is 9.86. The second kappa shape index (κ2) is 6.22. The van der Waals surface area contributed by atoms with Gasteiger partial charge in [-0.05, 0) is 18.8 Å². The fraction of sp³-hybridized carbons (Fsp3) is 0.727. The number of imide groups is 1. The number of carbonyl (C=O) groups excluding carboxylic acids is 2. The van der Waals surface area contributed by atoms with E-state index in [0.29, 0.717) is 5.92 Å². The van der Waals surface area contributed by atoms with Crippen molar-refractivity contribution in [2.75, 3.05) is 0 Å². The fourth-order valence-corrected chi connectivity index (χ4v) is 1.97. The maximum Gasteiger partial charge on any atom is 0.321 e. The molecule has 17 heavy (non-hydrogen) atoms. The minimum absolute atomic E-state index is 0.113. The van der Waals surface area contributed by atoms with E-state index in [1.165, 1.54) is 0 Å². The number of hydrogen-bond donors (Lipinski definition) is 3. The van der Waals surface area contributed by atoms with Gasteiger partial charge in [-0.25, -0.2) is 4.79 Å². The molecule has 6 nitrogen and oxygen atoms in total. The Balaban J connectivity index is 2.24. The van der Waals surface area contributed by atoms with Crippen LogP contribution in [0.3, 0.4) is 0 Å². The summed E-state index contributed by atoms with van der Waals surface area (Å²) < 4.78 is 0. The molecule has 3 amide bonds. The van der Waals surface area contributed by atoms with Crippen molar-refractivity contribution in [2.24, 2.45) is 5.92 Å². The molecule has 0 heterocycles. The average molecular weight is 242 g/mol. The molecule has 0 radical (unpaired) electrons. The molecule has 0 saturated heterocycles. The second-order valence-electron chi connectivity index (χ2n) is 4.43. The Bertz CT molecular complexity index is 317. The van der Waals surface area contributed by atoms with Crippen LogP contribution in [0.5, 0.6) is 0 Å². The van der Waals surface area contributed by atoms with E-state index in [9.17, 15) is 14.4 Å². The summed E-state index contributed by atoms with van der Waals surface area (Å²) in [7, 11) is 0. The van der Waals surface area contributed by atoms with Gasteiger partial charge in [-0.1, -0.05) is 13.3 Å². The van der Waals surface area contributed by atoms with E-state index in [4.69, 9.17) is 5.11 Å². The van der Waals surface area contributed by atoms with Crippen molar-refractivity contribution >= 4 is 17.9 Å². The lowest BCUT2D eigenvalue weighted by Crippen LogP contribution is -2.45. The average Bonchev–Trinajstić information content (AvgIpc) is 2.61. The van der Waals surface area contributed by atoms with E-state index in [-0.39, 0.29) is 18.9 Å². The molecule has 1 fully saturated rings. The van der Waals surface area contributed by atoms with Gasteiger partial charge in [0.15, 0.2) is 0 Å². The quantitative estimate of drug-likeness (QED) is 0.681. The summed E-state index contributed by atoms with van der Waals surface area (Å²) in [5.41, 5.74) is 0. The van der Waals surface area contributed by atoms with Crippen molar-refractivity contribution in [2.45, 2.75) is 45.1 Å². The van der Waals surface area contributed by atoms with Gasteiger partial charge in [0.2, 0.25) is 5.91 Å². The second-order valence-corrected chi connectivity index (χ2v) is 4.43. The third-order valence-electron chi connectivity index (χ3n) is 3.00.